The molecule has 0 aromatic heterocycles. The van der Waals surface area contributed by atoms with Crippen LogP contribution in [0.1, 0.15) is 0 Å². The van der Waals surface area contributed by atoms with E-state index in [1.54, 1.807) is 18.2 Å². The molecule has 0 atom stereocenters. The Morgan fingerprint density at radius 2 is 1.72 bits per heavy atom. The molecule has 2 aromatic rings. The normalized spacial score (nSPS) is 10.7. The molecule has 2 rings (SSSR count). The summed E-state index contributed by atoms with van der Waals surface area (Å²) in [6, 6.07) is 9.69. The van der Waals surface area contributed by atoms with Gasteiger partial charge in [0.25, 0.3) is 0 Å². The van der Waals surface area contributed by atoms with Gasteiger partial charge in [-0.05, 0) is 41.1 Å². The predicted octanol–water partition coefficient (Wildman–Crippen LogP) is 6.07. The van der Waals surface area contributed by atoms with Crippen LogP contribution in [0.5, 0.6) is 0 Å². The fourth-order valence-corrected chi connectivity index (χ4v) is 3.71. The zero-order valence-corrected chi connectivity index (χ0v) is 11.9. The summed E-state index contributed by atoms with van der Waals surface area (Å²) in [4.78, 5) is 1.17. The third-order valence-electron chi connectivity index (χ3n) is 2.02. The van der Waals surface area contributed by atoms with E-state index in [1.807, 2.05) is 6.07 Å². The van der Waals surface area contributed by atoms with Crippen LogP contribution in [-0.4, -0.2) is 0 Å². The number of hydrogen-bond donors (Lipinski definition) is 0. The van der Waals surface area contributed by atoms with Crippen LogP contribution >= 0.6 is 44.8 Å². The summed E-state index contributed by atoms with van der Waals surface area (Å²) in [5, 5.41) is 0.130. The summed E-state index contributed by atoms with van der Waals surface area (Å²) in [7, 11) is 2.49. The van der Waals surface area contributed by atoms with Crippen molar-refractivity contribution >= 4 is 44.8 Å². The molecule has 18 heavy (non-hydrogen) atoms. The zero-order valence-electron chi connectivity index (χ0n) is 8.79. The molecule has 0 aliphatic carbocycles. The molecule has 2 aromatic carbocycles. The van der Waals surface area contributed by atoms with Crippen LogP contribution in [0.3, 0.4) is 0 Å². The van der Waals surface area contributed by atoms with Crippen LogP contribution in [0.25, 0.3) is 0 Å². The van der Waals surface area contributed by atoms with Crippen LogP contribution in [0.2, 0.25) is 10.0 Å². The molecule has 0 amide bonds. The van der Waals surface area contributed by atoms with Crippen molar-refractivity contribution < 1.29 is 8.78 Å². The van der Waals surface area contributed by atoms with Gasteiger partial charge in [-0.1, -0.05) is 40.1 Å². The highest BCUT2D eigenvalue weighted by Gasteiger charge is 2.12. The molecule has 0 N–H and O–H groups in total. The monoisotopic (exact) mass is 322 g/mol. The minimum atomic E-state index is -0.758. The highest BCUT2D eigenvalue weighted by atomic mass is 35.5. The van der Waals surface area contributed by atoms with Crippen molar-refractivity contribution in [3.63, 3.8) is 0 Å². The van der Waals surface area contributed by atoms with Crippen LogP contribution in [0.4, 0.5) is 8.78 Å². The number of rotatable bonds is 3. The maximum absolute atomic E-state index is 13.6. The Kier molecular flexibility index (Phi) is 4.78. The Balaban J connectivity index is 2.14. The molecule has 0 spiro atoms. The maximum Gasteiger partial charge on any atom is 0.159 e. The zero-order chi connectivity index (χ0) is 13.1. The van der Waals surface area contributed by atoms with E-state index >= 15 is 0 Å². The van der Waals surface area contributed by atoms with Gasteiger partial charge in [0.1, 0.15) is 10.8 Å². The summed E-state index contributed by atoms with van der Waals surface area (Å²) in [6.07, 6.45) is 0. The van der Waals surface area contributed by atoms with Gasteiger partial charge in [0.2, 0.25) is 0 Å². The SMILES string of the molecule is Fc1ccc(SSc2cccc(Cl)c2)c(F)c1Cl. The average Bonchev–Trinajstić information content (AvgIpc) is 2.35. The molecular formula is C12H6Cl2F2S2. The number of hydrogen-bond acceptors (Lipinski definition) is 2. The van der Waals surface area contributed by atoms with Crippen LogP contribution in [-0.2, 0) is 0 Å². The van der Waals surface area contributed by atoms with E-state index in [1.165, 1.54) is 16.9 Å². The summed E-state index contributed by atoms with van der Waals surface area (Å²) in [5.41, 5.74) is 0. The van der Waals surface area contributed by atoms with Crippen LogP contribution in [0.15, 0.2) is 46.2 Å². The lowest BCUT2D eigenvalue weighted by Crippen LogP contribution is -1.85. The summed E-state index contributed by atoms with van der Waals surface area (Å²) < 4.78 is 26.6. The molecule has 0 saturated carbocycles. The van der Waals surface area contributed by atoms with Crippen molar-refractivity contribution in [2.24, 2.45) is 0 Å². The molecule has 94 valence electrons. The van der Waals surface area contributed by atoms with Gasteiger partial charge in [-0.15, -0.1) is 0 Å². The lowest BCUT2D eigenvalue weighted by molar-refractivity contribution is 0.567. The first-order valence-corrected chi connectivity index (χ1v) is 7.72. The van der Waals surface area contributed by atoms with Gasteiger partial charge in [-0.3, -0.25) is 0 Å². The minimum absolute atomic E-state index is 0.284. The lowest BCUT2D eigenvalue weighted by atomic mass is 10.3. The van der Waals surface area contributed by atoms with Crippen molar-refractivity contribution in [1.82, 2.24) is 0 Å². The summed E-state index contributed by atoms with van der Waals surface area (Å²) >= 11 is 11.3. The van der Waals surface area contributed by atoms with E-state index in [0.29, 0.717) is 5.02 Å². The van der Waals surface area contributed by atoms with Gasteiger partial charge in [0.05, 0.1) is 4.90 Å². The van der Waals surface area contributed by atoms with Gasteiger partial charge >= 0.3 is 0 Å². The molecule has 0 bridgehead atoms. The van der Waals surface area contributed by atoms with E-state index in [9.17, 15) is 8.78 Å². The highest BCUT2D eigenvalue weighted by molar-refractivity contribution is 8.76. The van der Waals surface area contributed by atoms with E-state index in [0.717, 1.165) is 21.8 Å². The second-order valence-corrected chi connectivity index (χ2v) is 6.36. The lowest BCUT2D eigenvalue weighted by Gasteiger charge is -2.04. The minimum Gasteiger partial charge on any atom is -0.205 e. The van der Waals surface area contributed by atoms with Crippen molar-refractivity contribution in [2.45, 2.75) is 9.79 Å². The smallest absolute Gasteiger partial charge is 0.159 e. The van der Waals surface area contributed by atoms with E-state index in [4.69, 9.17) is 23.2 Å². The second-order valence-electron chi connectivity index (χ2n) is 3.30. The van der Waals surface area contributed by atoms with Crippen molar-refractivity contribution in [2.75, 3.05) is 0 Å². The molecule has 0 fully saturated rings. The van der Waals surface area contributed by atoms with Crippen LogP contribution in [0, 0.1) is 11.6 Å². The third kappa shape index (κ3) is 3.32. The van der Waals surface area contributed by atoms with Crippen molar-refractivity contribution in [1.29, 1.82) is 0 Å². The number of benzene rings is 2. The Morgan fingerprint density at radius 3 is 2.44 bits per heavy atom. The number of halogens is 4. The molecular weight excluding hydrogens is 317 g/mol. The van der Waals surface area contributed by atoms with Crippen molar-refractivity contribution in [3.8, 4) is 0 Å². The fraction of sp³-hybridized carbons (Fsp3) is 0. The topological polar surface area (TPSA) is 0 Å². The largest absolute Gasteiger partial charge is 0.205 e. The molecule has 6 heteroatoms. The van der Waals surface area contributed by atoms with E-state index in [2.05, 4.69) is 0 Å². The average molecular weight is 323 g/mol. The third-order valence-corrected chi connectivity index (χ3v) is 5.00. The van der Waals surface area contributed by atoms with Gasteiger partial charge in [-0.2, -0.15) is 0 Å². The standard InChI is InChI=1S/C12H6Cl2F2S2/c13-7-2-1-3-8(6-7)17-18-10-5-4-9(15)11(14)12(10)16/h1-6H. The van der Waals surface area contributed by atoms with Crippen molar-refractivity contribution in [3.05, 3.63) is 58.1 Å². The Labute approximate surface area is 121 Å². The predicted molar refractivity (Wildman–Crippen MR) is 74.5 cm³/mol. The summed E-state index contributed by atoms with van der Waals surface area (Å²) in [5.74, 6) is -1.50. The molecule has 0 unspecified atom stereocenters. The van der Waals surface area contributed by atoms with Crippen LogP contribution < -0.4 is 0 Å². The molecule has 0 saturated heterocycles. The fourth-order valence-electron chi connectivity index (χ4n) is 1.18. The molecule has 0 radical (unpaired) electrons. The second kappa shape index (κ2) is 6.15. The molecule has 0 heterocycles. The van der Waals surface area contributed by atoms with Gasteiger partial charge in [-0.25, -0.2) is 8.78 Å². The van der Waals surface area contributed by atoms with Gasteiger partial charge < -0.3 is 0 Å². The Morgan fingerprint density at radius 1 is 0.944 bits per heavy atom. The Bertz CT molecular complexity index is 576. The first kappa shape index (κ1) is 14.0. The molecule has 0 aliphatic rings. The molecule has 0 aliphatic heterocycles. The van der Waals surface area contributed by atoms with Gasteiger partial charge in [0, 0.05) is 9.92 Å². The highest BCUT2D eigenvalue weighted by Crippen LogP contribution is 2.40. The van der Waals surface area contributed by atoms with Gasteiger partial charge in [0.15, 0.2) is 5.82 Å². The first-order chi connectivity index (χ1) is 8.58. The first-order valence-electron chi connectivity index (χ1n) is 4.81. The quantitative estimate of drug-likeness (QED) is 0.496. The maximum atomic E-state index is 13.6. The Hall–Kier alpha value is -0.420. The summed E-state index contributed by atoms with van der Waals surface area (Å²) in [6.45, 7) is 0. The van der Waals surface area contributed by atoms with E-state index in [-0.39, 0.29) is 4.90 Å². The molecule has 0 nitrogen and oxygen atoms in total. The van der Waals surface area contributed by atoms with E-state index < -0.39 is 16.7 Å².